The lowest BCUT2D eigenvalue weighted by Gasteiger charge is -2.26. The van der Waals surface area contributed by atoms with Crippen LogP contribution in [0.1, 0.15) is 42.4 Å². The standard InChI is InChI=1S/C19H18F2N2O2/c1-12(19(2,3)25)23-18(24)17-7-6-13(11-22-17)4-5-14-8-15(20)10-16(21)9-14/h6-12,25H,1-3H3,(H,23,24)/t12-/m1/s1. The number of aliphatic hydroxyl groups is 1. The van der Waals surface area contributed by atoms with E-state index in [4.69, 9.17) is 0 Å². The van der Waals surface area contributed by atoms with Crippen LogP contribution >= 0.6 is 0 Å². The van der Waals surface area contributed by atoms with Crippen molar-refractivity contribution in [3.05, 3.63) is 65.0 Å². The molecular weight excluding hydrogens is 326 g/mol. The van der Waals surface area contributed by atoms with Gasteiger partial charge in [0, 0.05) is 23.4 Å². The number of nitrogens with one attached hydrogen (secondary N) is 1. The summed E-state index contributed by atoms with van der Waals surface area (Å²) in [6.07, 6.45) is 1.40. The first-order valence-electron chi connectivity index (χ1n) is 7.62. The fourth-order valence-corrected chi connectivity index (χ4v) is 1.82. The number of aromatic nitrogens is 1. The number of amides is 1. The smallest absolute Gasteiger partial charge is 0.270 e. The van der Waals surface area contributed by atoms with Crippen molar-refractivity contribution in [3.8, 4) is 11.8 Å². The summed E-state index contributed by atoms with van der Waals surface area (Å²) in [6, 6.07) is 5.65. The third-order valence-electron chi connectivity index (χ3n) is 3.62. The number of hydrogen-bond donors (Lipinski definition) is 2. The lowest BCUT2D eigenvalue weighted by atomic mass is 10.0. The Hall–Kier alpha value is -2.78. The van der Waals surface area contributed by atoms with E-state index in [0.29, 0.717) is 5.56 Å². The highest BCUT2D eigenvalue weighted by molar-refractivity contribution is 5.92. The van der Waals surface area contributed by atoms with Crippen LogP contribution in [-0.4, -0.2) is 27.6 Å². The van der Waals surface area contributed by atoms with E-state index in [9.17, 15) is 18.7 Å². The molecule has 1 amide bonds. The summed E-state index contributed by atoms with van der Waals surface area (Å²) >= 11 is 0. The van der Waals surface area contributed by atoms with Crippen molar-refractivity contribution in [2.24, 2.45) is 0 Å². The molecule has 2 rings (SSSR count). The number of rotatable bonds is 3. The van der Waals surface area contributed by atoms with Crippen LogP contribution in [0.2, 0.25) is 0 Å². The van der Waals surface area contributed by atoms with Gasteiger partial charge in [-0.05, 0) is 45.0 Å². The predicted octanol–water partition coefficient (Wildman–Crippen LogP) is 2.65. The predicted molar refractivity (Wildman–Crippen MR) is 89.8 cm³/mol. The first-order chi connectivity index (χ1) is 11.6. The van der Waals surface area contributed by atoms with Gasteiger partial charge in [-0.1, -0.05) is 11.8 Å². The first kappa shape index (κ1) is 18.6. The van der Waals surface area contributed by atoms with Crippen LogP contribution in [0.3, 0.4) is 0 Å². The van der Waals surface area contributed by atoms with Gasteiger partial charge in [-0.15, -0.1) is 0 Å². The molecule has 0 aliphatic heterocycles. The monoisotopic (exact) mass is 344 g/mol. The van der Waals surface area contributed by atoms with Crippen LogP contribution in [0.15, 0.2) is 36.5 Å². The Kier molecular flexibility index (Phi) is 5.50. The molecule has 0 bridgehead atoms. The average molecular weight is 344 g/mol. The largest absolute Gasteiger partial charge is 0.388 e. The Morgan fingerprint density at radius 2 is 1.76 bits per heavy atom. The lowest BCUT2D eigenvalue weighted by Crippen LogP contribution is -2.47. The van der Waals surface area contributed by atoms with Crippen LogP contribution < -0.4 is 5.32 Å². The highest BCUT2D eigenvalue weighted by Gasteiger charge is 2.24. The lowest BCUT2D eigenvalue weighted by molar-refractivity contribution is 0.0407. The van der Waals surface area contributed by atoms with Crippen molar-refractivity contribution in [2.75, 3.05) is 0 Å². The Bertz CT molecular complexity index is 811. The fourth-order valence-electron chi connectivity index (χ4n) is 1.82. The molecule has 1 aromatic carbocycles. The van der Waals surface area contributed by atoms with Gasteiger partial charge in [-0.25, -0.2) is 13.8 Å². The summed E-state index contributed by atoms with van der Waals surface area (Å²) in [5.41, 5.74) is -0.171. The van der Waals surface area contributed by atoms with Gasteiger partial charge in [0.2, 0.25) is 0 Å². The molecule has 0 aliphatic carbocycles. The molecule has 0 spiro atoms. The van der Waals surface area contributed by atoms with E-state index in [1.54, 1.807) is 26.8 Å². The van der Waals surface area contributed by atoms with Crippen LogP contribution in [0, 0.1) is 23.5 Å². The zero-order valence-electron chi connectivity index (χ0n) is 14.1. The van der Waals surface area contributed by atoms with E-state index in [0.717, 1.165) is 18.2 Å². The molecule has 6 heteroatoms. The van der Waals surface area contributed by atoms with E-state index < -0.39 is 29.2 Å². The maximum Gasteiger partial charge on any atom is 0.270 e. The average Bonchev–Trinajstić information content (AvgIpc) is 2.51. The fraction of sp³-hybridized carbons (Fsp3) is 0.263. The minimum absolute atomic E-state index is 0.179. The molecule has 0 fully saturated rings. The van der Waals surface area contributed by atoms with Gasteiger partial charge in [0.05, 0.1) is 11.6 Å². The second-order valence-corrected chi connectivity index (χ2v) is 6.19. The Labute approximate surface area is 144 Å². The van der Waals surface area contributed by atoms with Crippen LogP contribution in [-0.2, 0) is 0 Å². The number of carbonyl (C=O) groups excluding carboxylic acids is 1. The summed E-state index contributed by atoms with van der Waals surface area (Å²) in [5.74, 6) is 3.56. The number of halogens is 2. The zero-order valence-corrected chi connectivity index (χ0v) is 14.1. The van der Waals surface area contributed by atoms with Gasteiger partial charge < -0.3 is 10.4 Å². The minimum Gasteiger partial charge on any atom is -0.388 e. The molecule has 1 heterocycles. The van der Waals surface area contributed by atoms with Gasteiger partial charge in [0.15, 0.2) is 0 Å². The molecule has 4 nitrogen and oxygen atoms in total. The van der Waals surface area contributed by atoms with Gasteiger partial charge in [0.1, 0.15) is 17.3 Å². The summed E-state index contributed by atoms with van der Waals surface area (Å²) in [7, 11) is 0. The molecule has 2 aromatic rings. The summed E-state index contributed by atoms with van der Waals surface area (Å²) in [4.78, 5) is 16.1. The summed E-state index contributed by atoms with van der Waals surface area (Å²) < 4.78 is 26.2. The second kappa shape index (κ2) is 7.41. The van der Waals surface area contributed by atoms with Crippen molar-refractivity contribution in [2.45, 2.75) is 32.4 Å². The Morgan fingerprint density at radius 3 is 2.28 bits per heavy atom. The summed E-state index contributed by atoms with van der Waals surface area (Å²) in [5, 5.41) is 12.5. The molecule has 0 saturated heterocycles. The van der Waals surface area contributed by atoms with Gasteiger partial charge in [-0.3, -0.25) is 4.79 Å². The minimum atomic E-state index is -1.05. The molecule has 0 saturated carbocycles. The second-order valence-electron chi connectivity index (χ2n) is 6.19. The van der Waals surface area contributed by atoms with Gasteiger partial charge in [-0.2, -0.15) is 0 Å². The maximum absolute atomic E-state index is 13.1. The van der Waals surface area contributed by atoms with E-state index in [1.165, 1.54) is 12.3 Å². The maximum atomic E-state index is 13.1. The van der Waals surface area contributed by atoms with E-state index in [1.807, 2.05) is 0 Å². The molecule has 25 heavy (non-hydrogen) atoms. The van der Waals surface area contributed by atoms with Crippen molar-refractivity contribution >= 4 is 5.91 Å². The third kappa shape index (κ3) is 5.37. The third-order valence-corrected chi connectivity index (χ3v) is 3.62. The van der Waals surface area contributed by atoms with Crippen LogP contribution in [0.25, 0.3) is 0 Å². The molecule has 130 valence electrons. The SMILES string of the molecule is C[C@@H](NC(=O)c1ccc(C#Cc2cc(F)cc(F)c2)cn1)C(C)(C)O. The molecule has 1 atom stereocenters. The molecule has 0 radical (unpaired) electrons. The molecule has 0 aliphatic rings. The van der Waals surface area contributed by atoms with Gasteiger partial charge >= 0.3 is 0 Å². The summed E-state index contributed by atoms with van der Waals surface area (Å²) in [6.45, 7) is 4.88. The van der Waals surface area contributed by atoms with Crippen LogP contribution in [0.5, 0.6) is 0 Å². The molecule has 2 N–H and O–H groups in total. The molecule has 0 unspecified atom stereocenters. The van der Waals surface area contributed by atoms with Crippen molar-refractivity contribution in [1.82, 2.24) is 10.3 Å². The molecule has 1 aromatic heterocycles. The van der Waals surface area contributed by atoms with Crippen molar-refractivity contribution < 1.29 is 18.7 Å². The van der Waals surface area contributed by atoms with E-state index >= 15 is 0 Å². The number of carbonyl (C=O) groups is 1. The topological polar surface area (TPSA) is 62.2 Å². The number of benzene rings is 1. The Morgan fingerprint density at radius 1 is 1.16 bits per heavy atom. The van der Waals surface area contributed by atoms with Crippen molar-refractivity contribution in [3.63, 3.8) is 0 Å². The van der Waals surface area contributed by atoms with E-state index in [-0.39, 0.29) is 11.3 Å². The molecular formula is C19H18F2N2O2. The number of nitrogens with zero attached hydrogens (tertiary/aromatic N) is 1. The quantitative estimate of drug-likeness (QED) is 0.842. The van der Waals surface area contributed by atoms with E-state index in [2.05, 4.69) is 22.1 Å². The highest BCUT2D eigenvalue weighted by Crippen LogP contribution is 2.09. The number of hydrogen-bond acceptors (Lipinski definition) is 3. The first-order valence-corrected chi connectivity index (χ1v) is 7.62. The zero-order chi connectivity index (χ0) is 18.6. The highest BCUT2D eigenvalue weighted by atomic mass is 19.1. The normalized spacial score (nSPS) is 12.1. The van der Waals surface area contributed by atoms with Gasteiger partial charge in [0.25, 0.3) is 5.91 Å². The number of pyridine rings is 1. The van der Waals surface area contributed by atoms with Crippen molar-refractivity contribution in [1.29, 1.82) is 0 Å². The van der Waals surface area contributed by atoms with Crippen LogP contribution in [0.4, 0.5) is 8.78 Å². The Balaban J connectivity index is 2.10.